The molecule has 0 bridgehead atoms. The molecule has 0 aliphatic rings. The molecule has 0 unspecified atom stereocenters. The Morgan fingerprint density at radius 3 is 2.56 bits per heavy atom. The summed E-state index contributed by atoms with van der Waals surface area (Å²) in [7, 11) is 0. The van der Waals surface area contributed by atoms with E-state index in [1.54, 1.807) is 0 Å². The Hall–Kier alpha value is -1.39. The van der Waals surface area contributed by atoms with Gasteiger partial charge >= 0.3 is 11.7 Å². The van der Waals surface area contributed by atoms with Crippen LogP contribution >= 0.6 is 22.6 Å². The molecule has 0 spiro atoms. The molecule has 6 nitrogen and oxygen atoms in total. The van der Waals surface area contributed by atoms with Crippen molar-refractivity contribution in [1.29, 1.82) is 0 Å². The van der Waals surface area contributed by atoms with E-state index in [9.17, 15) is 23.7 Å². The molecule has 1 aromatic rings. The maximum absolute atomic E-state index is 12.4. The first-order valence-electron chi connectivity index (χ1n) is 3.70. The molecule has 0 saturated heterocycles. The molecule has 1 aromatic heterocycles. The smallest absolute Gasteiger partial charge is 0.343 e. The number of aromatic carboxylic acids is 1. The Balaban J connectivity index is 3.54. The summed E-state index contributed by atoms with van der Waals surface area (Å²) in [5.74, 6) is -1.64. The van der Waals surface area contributed by atoms with Crippen molar-refractivity contribution in [3.63, 3.8) is 0 Å². The van der Waals surface area contributed by atoms with Crippen LogP contribution in [0.15, 0.2) is 6.20 Å². The normalized spacial score (nSPS) is 10.5. The Kier molecular flexibility index (Phi) is 3.67. The number of hydrogen-bond donors (Lipinski definition) is 1. The van der Waals surface area contributed by atoms with Crippen molar-refractivity contribution in [3.05, 3.63) is 31.1 Å². The number of carboxylic acid groups (broad SMARTS) is 1. The highest BCUT2D eigenvalue weighted by molar-refractivity contribution is 14.1. The first-order chi connectivity index (χ1) is 7.36. The van der Waals surface area contributed by atoms with Gasteiger partial charge in [0.15, 0.2) is 5.56 Å². The summed E-state index contributed by atoms with van der Waals surface area (Å²) < 4.78 is 24.3. The van der Waals surface area contributed by atoms with Crippen molar-refractivity contribution in [3.8, 4) is 0 Å². The van der Waals surface area contributed by atoms with Crippen molar-refractivity contribution >= 4 is 34.2 Å². The highest BCUT2D eigenvalue weighted by atomic mass is 127. The second-order valence-electron chi connectivity index (χ2n) is 2.58. The summed E-state index contributed by atoms with van der Waals surface area (Å²) in [6.45, 7) is 0. The zero-order valence-corrected chi connectivity index (χ0v) is 9.51. The second-order valence-corrected chi connectivity index (χ2v) is 3.66. The highest BCUT2D eigenvalue weighted by Crippen LogP contribution is 2.30. The van der Waals surface area contributed by atoms with Crippen LogP contribution in [0, 0.1) is 13.7 Å². The number of pyridine rings is 1. The number of halogens is 3. The number of aromatic nitrogens is 1. The predicted molar refractivity (Wildman–Crippen MR) is 55.5 cm³/mol. The van der Waals surface area contributed by atoms with Gasteiger partial charge in [0.1, 0.15) is 11.9 Å². The third kappa shape index (κ3) is 2.23. The van der Waals surface area contributed by atoms with Crippen LogP contribution in [0.1, 0.15) is 22.5 Å². The fourth-order valence-corrected chi connectivity index (χ4v) is 1.87. The van der Waals surface area contributed by atoms with Gasteiger partial charge in [-0.25, -0.2) is 18.6 Å². The van der Waals surface area contributed by atoms with E-state index in [0.717, 1.165) is 0 Å². The van der Waals surface area contributed by atoms with E-state index in [1.807, 2.05) is 0 Å². The molecule has 86 valence electrons. The van der Waals surface area contributed by atoms with Gasteiger partial charge in [-0.3, -0.25) is 10.1 Å². The Bertz CT molecular complexity index is 466. The van der Waals surface area contributed by atoms with Gasteiger partial charge in [-0.2, -0.15) is 0 Å². The van der Waals surface area contributed by atoms with E-state index in [1.165, 1.54) is 22.6 Å². The van der Waals surface area contributed by atoms with Crippen LogP contribution in [-0.2, 0) is 0 Å². The molecule has 0 aromatic carbocycles. The zero-order chi connectivity index (χ0) is 12.5. The van der Waals surface area contributed by atoms with Gasteiger partial charge < -0.3 is 5.11 Å². The van der Waals surface area contributed by atoms with E-state index in [2.05, 4.69) is 4.98 Å². The monoisotopic (exact) mass is 344 g/mol. The van der Waals surface area contributed by atoms with Crippen LogP contribution in [0.2, 0.25) is 0 Å². The summed E-state index contributed by atoms with van der Waals surface area (Å²) in [4.78, 5) is 23.4. The number of hydrogen-bond acceptors (Lipinski definition) is 4. The van der Waals surface area contributed by atoms with Crippen molar-refractivity contribution in [1.82, 2.24) is 4.98 Å². The van der Waals surface area contributed by atoms with E-state index in [-0.39, 0.29) is 0 Å². The minimum atomic E-state index is -2.98. The summed E-state index contributed by atoms with van der Waals surface area (Å²) in [6, 6.07) is 0. The molecule has 16 heavy (non-hydrogen) atoms. The number of alkyl halides is 2. The largest absolute Gasteiger partial charge is 0.477 e. The Labute approximate surface area is 101 Å². The first-order valence-corrected chi connectivity index (χ1v) is 4.78. The average Bonchev–Trinajstić information content (AvgIpc) is 2.15. The molecule has 0 radical (unpaired) electrons. The minimum Gasteiger partial charge on any atom is -0.477 e. The zero-order valence-electron chi connectivity index (χ0n) is 7.35. The molecule has 1 rings (SSSR count). The van der Waals surface area contributed by atoms with Crippen LogP contribution in [0.5, 0.6) is 0 Å². The molecule has 0 aliphatic carbocycles. The van der Waals surface area contributed by atoms with Crippen molar-refractivity contribution in [2.75, 3.05) is 0 Å². The van der Waals surface area contributed by atoms with Crippen molar-refractivity contribution in [2.45, 2.75) is 6.43 Å². The fraction of sp³-hybridized carbons (Fsp3) is 0.143. The molecule has 0 saturated carbocycles. The lowest BCUT2D eigenvalue weighted by molar-refractivity contribution is -0.385. The SMILES string of the molecule is O=C(O)c1c([N+](=O)[O-])cnc(C(F)F)c1I. The fourth-order valence-electron chi connectivity index (χ4n) is 0.986. The van der Waals surface area contributed by atoms with E-state index in [0.29, 0.717) is 6.20 Å². The maximum atomic E-state index is 12.4. The standard InChI is InChI=1S/C7H3F2IN2O4/c8-6(9)5-4(10)3(7(13)14)2(1-11-5)12(15)16/h1,6H,(H,13,14). The summed E-state index contributed by atoms with van der Waals surface area (Å²) in [5, 5.41) is 19.2. The second kappa shape index (κ2) is 4.63. The van der Waals surface area contributed by atoms with Gasteiger partial charge in [0, 0.05) is 0 Å². The number of nitrogens with zero attached hydrogens (tertiary/aromatic N) is 2. The number of carboxylic acids is 1. The number of carbonyl (C=O) groups is 1. The average molecular weight is 344 g/mol. The van der Waals surface area contributed by atoms with Crippen LogP contribution < -0.4 is 0 Å². The molecule has 0 fully saturated rings. The van der Waals surface area contributed by atoms with Crippen LogP contribution in [0.3, 0.4) is 0 Å². The van der Waals surface area contributed by atoms with Crippen LogP contribution in [0.25, 0.3) is 0 Å². The van der Waals surface area contributed by atoms with Gasteiger partial charge in [-0.05, 0) is 22.6 Å². The quantitative estimate of drug-likeness (QED) is 0.516. The predicted octanol–water partition coefficient (Wildman–Crippen LogP) is 2.23. The molecule has 1 N–H and O–H groups in total. The van der Waals surface area contributed by atoms with Crippen LogP contribution in [0.4, 0.5) is 14.5 Å². The van der Waals surface area contributed by atoms with Gasteiger partial charge in [-0.1, -0.05) is 0 Å². The van der Waals surface area contributed by atoms with Gasteiger partial charge in [0.25, 0.3) is 6.43 Å². The van der Waals surface area contributed by atoms with Gasteiger partial charge in [0.05, 0.1) is 8.49 Å². The van der Waals surface area contributed by atoms with E-state index >= 15 is 0 Å². The third-order valence-electron chi connectivity index (χ3n) is 1.64. The Morgan fingerprint density at radius 1 is 1.62 bits per heavy atom. The third-order valence-corrected chi connectivity index (χ3v) is 2.74. The lowest BCUT2D eigenvalue weighted by Crippen LogP contribution is -2.09. The Morgan fingerprint density at radius 2 is 2.19 bits per heavy atom. The lowest BCUT2D eigenvalue weighted by Gasteiger charge is -2.05. The molecular formula is C7H3F2IN2O4. The molecule has 1 heterocycles. The molecule has 0 amide bonds. The number of rotatable bonds is 3. The van der Waals surface area contributed by atoms with Gasteiger partial charge in [-0.15, -0.1) is 0 Å². The topological polar surface area (TPSA) is 93.3 Å². The molecule has 9 heteroatoms. The highest BCUT2D eigenvalue weighted by Gasteiger charge is 2.28. The maximum Gasteiger partial charge on any atom is 0.343 e. The molecule has 0 aliphatic heterocycles. The number of nitro groups is 1. The summed E-state index contributed by atoms with van der Waals surface area (Å²) >= 11 is 1.30. The van der Waals surface area contributed by atoms with Crippen molar-refractivity contribution < 1.29 is 23.6 Å². The van der Waals surface area contributed by atoms with E-state index in [4.69, 9.17) is 5.11 Å². The molecular weight excluding hydrogens is 341 g/mol. The summed E-state index contributed by atoms with van der Waals surface area (Å²) in [6.07, 6.45) is -2.46. The minimum absolute atomic E-state index is 0.422. The molecule has 0 atom stereocenters. The van der Waals surface area contributed by atoms with Gasteiger partial charge in [0.2, 0.25) is 0 Å². The van der Waals surface area contributed by atoms with Crippen molar-refractivity contribution in [2.24, 2.45) is 0 Å². The summed E-state index contributed by atoms with van der Waals surface area (Å²) in [5.41, 5.74) is -2.35. The van der Waals surface area contributed by atoms with Crippen LogP contribution in [-0.4, -0.2) is 21.0 Å². The van der Waals surface area contributed by atoms with E-state index < -0.39 is 37.8 Å². The first kappa shape index (κ1) is 12.7. The lowest BCUT2D eigenvalue weighted by atomic mass is 10.2.